The molecule has 3 rings (SSSR count). The number of rotatable bonds is 6. The Labute approximate surface area is 166 Å². The van der Waals surface area contributed by atoms with E-state index >= 15 is 0 Å². The zero-order chi connectivity index (χ0) is 20.3. The van der Waals surface area contributed by atoms with Gasteiger partial charge >= 0.3 is 0 Å². The summed E-state index contributed by atoms with van der Waals surface area (Å²) in [4.78, 5) is 21.8. The van der Waals surface area contributed by atoms with Crippen LogP contribution >= 0.6 is 11.6 Å². The van der Waals surface area contributed by atoms with Gasteiger partial charge in [0.15, 0.2) is 5.82 Å². The molecule has 28 heavy (non-hydrogen) atoms. The Hall–Kier alpha value is -2.97. The highest BCUT2D eigenvalue weighted by atomic mass is 35.5. The first-order valence-electron chi connectivity index (χ1n) is 8.41. The van der Waals surface area contributed by atoms with Crippen LogP contribution in [-0.2, 0) is 11.3 Å². The molecule has 0 unspecified atom stereocenters. The van der Waals surface area contributed by atoms with Gasteiger partial charge in [-0.25, -0.2) is 14.4 Å². The van der Waals surface area contributed by atoms with E-state index < -0.39 is 5.82 Å². The maximum atomic E-state index is 14.3. The number of carbonyl (C=O) groups excluding carboxylic acids is 1. The summed E-state index contributed by atoms with van der Waals surface area (Å²) in [5.74, 6) is 0.203. The highest BCUT2D eigenvalue weighted by Gasteiger charge is 2.15. The third kappa shape index (κ3) is 3.97. The monoisotopic (exact) mass is 403 g/mol. The summed E-state index contributed by atoms with van der Waals surface area (Å²) in [6.45, 7) is 0.200. The van der Waals surface area contributed by atoms with E-state index in [-0.39, 0.29) is 29.7 Å². The van der Waals surface area contributed by atoms with Gasteiger partial charge in [0.2, 0.25) is 5.91 Å². The fraction of sp³-hybridized carbons (Fsp3) is 0.211. The molecular weight excluding hydrogens is 385 g/mol. The molecule has 0 bridgehead atoms. The standard InChI is InChI=1S/C19H19ClFN5O2/c1-26(17(27)8-22)9-11-6-12-15(7-16(11)28-2)23-10-24-19(12)25-14-5-3-4-13(20)18(14)21/h3-7,10H,8-9,22H2,1-2H3,(H,23,24,25). The number of anilines is 2. The molecule has 0 saturated heterocycles. The van der Waals surface area contributed by atoms with Crippen LogP contribution in [0.2, 0.25) is 5.02 Å². The van der Waals surface area contributed by atoms with Crippen molar-refractivity contribution in [1.82, 2.24) is 14.9 Å². The van der Waals surface area contributed by atoms with E-state index in [0.29, 0.717) is 22.5 Å². The maximum absolute atomic E-state index is 14.3. The Balaban J connectivity index is 2.05. The number of halogens is 2. The van der Waals surface area contributed by atoms with Gasteiger partial charge in [-0.3, -0.25) is 4.79 Å². The molecule has 1 heterocycles. The Bertz CT molecular complexity index is 1030. The second-order valence-electron chi connectivity index (χ2n) is 6.08. The molecule has 2 aromatic carbocycles. The summed E-state index contributed by atoms with van der Waals surface area (Å²) in [6, 6.07) is 8.21. The van der Waals surface area contributed by atoms with Crippen molar-refractivity contribution in [1.29, 1.82) is 0 Å². The van der Waals surface area contributed by atoms with Gasteiger partial charge in [-0.1, -0.05) is 17.7 Å². The van der Waals surface area contributed by atoms with E-state index in [0.717, 1.165) is 5.56 Å². The quantitative estimate of drug-likeness (QED) is 0.657. The van der Waals surface area contributed by atoms with Crippen molar-refractivity contribution in [2.24, 2.45) is 5.73 Å². The fourth-order valence-corrected chi connectivity index (χ4v) is 2.94. The normalized spacial score (nSPS) is 10.8. The number of ether oxygens (including phenoxy) is 1. The highest BCUT2D eigenvalue weighted by Crippen LogP contribution is 2.32. The lowest BCUT2D eigenvalue weighted by Gasteiger charge is -2.19. The molecule has 0 fully saturated rings. The summed E-state index contributed by atoms with van der Waals surface area (Å²) in [5, 5.41) is 3.61. The van der Waals surface area contributed by atoms with Gasteiger partial charge in [0.05, 0.1) is 29.9 Å². The van der Waals surface area contributed by atoms with Gasteiger partial charge in [0.25, 0.3) is 0 Å². The van der Waals surface area contributed by atoms with E-state index in [1.54, 1.807) is 31.3 Å². The number of nitrogens with zero attached hydrogens (tertiary/aromatic N) is 3. The van der Waals surface area contributed by atoms with Crippen molar-refractivity contribution in [3.05, 3.63) is 53.1 Å². The van der Waals surface area contributed by atoms with Crippen molar-refractivity contribution in [3.8, 4) is 5.75 Å². The number of carbonyl (C=O) groups is 1. The number of likely N-dealkylation sites (N-methyl/N-ethyl adjacent to an activating group) is 1. The SMILES string of the molecule is COc1cc2ncnc(Nc3cccc(Cl)c3F)c2cc1CN(C)C(=O)CN. The molecule has 0 aliphatic heterocycles. The van der Waals surface area contributed by atoms with Crippen LogP contribution in [-0.4, -0.2) is 41.5 Å². The molecule has 0 aliphatic carbocycles. The molecule has 0 spiro atoms. The number of nitrogens with two attached hydrogens (primary N) is 1. The molecule has 1 amide bonds. The van der Waals surface area contributed by atoms with E-state index in [1.165, 1.54) is 24.4 Å². The van der Waals surface area contributed by atoms with Crippen molar-refractivity contribution in [3.63, 3.8) is 0 Å². The summed E-state index contributed by atoms with van der Waals surface area (Å²) >= 11 is 5.85. The van der Waals surface area contributed by atoms with Crippen LogP contribution in [0.3, 0.4) is 0 Å². The van der Waals surface area contributed by atoms with Gasteiger partial charge in [-0.15, -0.1) is 0 Å². The molecule has 3 aromatic rings. The average molecular weight is 404 g/mol. The maximum Gasteiger partial charge on any atom is 0.236 e. The van der Waals surface area contributed by atoms with Crippen LogP contribution in [0.1, 0.15) is 5.56 Å². The van der Waals surface area contributed by atoms with Crippen molar-refractivity contribution in [2.75, 3.05) is 26.0 Å². The van der Waals surface area contributed by atoms with E-state index in [1.807, 2.05) is 0 Å². The van der Waals surface area contributed by atoms with Crippen LogP contribution in [0.5, 0.6) is 5.75 Å². The van der Waals surface area contributed by atoms with Crippen molar-refractivity contribution in [2.45, 2.75) is 6.54 Å². The number of nitrogens with one attached hydrogen (secondary N) is 1. The molecule has 7 nitrogen and oxygen atoms in total. The molecule has 146 valence electrons. The molecule has 3 N–H and O–H groups in total. The number of hydrogen-bond donors (Lipinski definition) is 2. The summed E-state index contributed by atoms with van der Waals surface area (Å²) < 4.78 is 19.7. The predicted octanol–water partition coefficient (Wildman–Crippen LogP) is 3.09. The molecule has 0 saturated carbocycles. The van der Waals surface area contributed by atoms with E-state index in [2.05, 4.69) is 15.3 Å². The van der Waals surface area contributed by atoms with Gasteiger partial charge in [-0.2, -0.15) is 0 Å². The minimum absolute atomic E-state index is 0.00708. The van der Waals surface area contributed by atoms with Gasteiger partial charge in [-0.05, 0) is 18.2 Å². The zero-order valence-corrected chi connectivity index (χ0v) is 16.1. The Morgan fingerprint density at radius 3 is 2.86 bits per heavy atom. The van der Waals surface area contributed by atoms with Crippen LogP contribution in [0.15, 0.2) is 36.7 Å². The third-order valence-corrected chi connectivity index (χ3v) is 4.54. The summed E-state index contributed by atoms with van der Waals surface area (Å²) in [6.07, 6.45) is 1.37. The zero-order valence-electron chi connectivity index (χ0n) is 15.4. The number of hydrogen-bond acceptors (Lipinski definition) is 6. The van der Waals surface area contributed by atoms with E-state index in [4.69, 9.17) is 22.1 Å². The molecular formula is C19H19ClFN5O2. The lowest BCUT2D eigenvalue weighted by Crippen LogP contribution is -2.32. The molecule has 0 aliphatic rings. The van der Waals surface area contributed by atoms with Crippen molar-refractivity contribution < 1.29 is 13.9 Å². The number of fused-ring (bicyclic) bond motifs is 1. The number of benzene rings is 2. The first kappa shape index (κ1) is 19.8. The smallest absolute Gasteiger partial charge is 0.236 e. The number of amides is 1. The van der Waals surface area contributed by atoms with Crippen LogP contribution in [0, 0.1) is 5.82 Å². The minimum Gasteiger partial charge on any atom is -0.496 e. The Kier molecular flexibility index (Phi) is 5.91. The largest absolute Gasteiger partial charge is 0.496 e. The third-order valence-electron chi connectivity index (χ3n) is 4.25. The van der Waals surface area contributed by atoms with Crippen LogP contribution < -0.4 is 15.8 Å². The van der Waals surface area contributed by atoms with Crippen LogP contribution in [0.4, 0.5) is 15.9 Å². The highest BCUT2D eigenvalue weighted by molar-refractivity contribution is 6.31. The minimum atomic E-state index is -0.571. The second-order valence-corrected chi connectivity index (χ2v) is 6.49. The number of aromatic nitrogens is 2. The molecule has 0 radical (unpaired) electrons. The molecule has 1 aromatic heterocycles. The predicted molar refractivity (Wildman–Crippen MR) is 106 cm³/mol. The van der Waals surface area contributed by atoms with Gasteiger partial charge in [0, 0.05) is 30.6 Å². The molecule has 9 heteroatoms. The van der Waals surface area contributed by atoms with Crippen molar-refractivity contribution >= 4 is 39.9 Å². The second kappa shape index (κ2) is 8.37. The lowest BCUT2D eigenvalue weighted by molar-refractivity contribution is -0.128. The Morgan fingerprint density at radius 2 is 2.14 bits per heavy atom. The lowest BCUT2D eigenvalue weighted by atomic mass is 10.1. The fourth-order valence-electron chi connectivity index (χ4n) is 2.77. The summed E-state index contributed by atoms with van der Waals surface area (Å²) in [5.41, 5.74) is 6.96. The first-order valence-corrected chi connectivity index (χ1v) is 8.79. The first-order chi connectivity index (χ1) is 13.4. The van der Waals surface area contributed by atoms with Gasteiger partial charge < -0.3 is 20.7 Å². The topological polar surface area (TPSA) is 93.4 Å². The van der Waals surface area contributed by atoms with E-state index in [9.17, 15) is 9.18 Å². The van der Waals surface area contributed by atoms with Gasteiger partial charge in [0.1, 0.15) is 17.9 Å². The summed E-state index contributed by atoms with van der Waals surface area (Å²) in [7, 11) is 3.19. The van der Waals surface area contributed by atoms with Crippen LogP contribution in [0.25, 0.3) is 10.9 Å². The molecule has 0 atom stereocenters. The average Bonchev–Trinajstić information content (AvgIpc) is 2.70. The Morgan fingerprint density at radius 1 is 1.36 bits per heavy atom. The number of methoxy groups -OCH3 is 1.